The van der Waals surface area contributed by atoms with Crippen molar-refractivity contribution in [2.75, 3.05) is 6.61 Å². The van der Waals surface area contributed by atoms with E-state index in [2.05, 4.69) is 10.1 Å². The predicted octanol–water partition coefficient (Wildman–Crippen LogP) is 2.71. The van der Waals surface area contributed by atoms with Crippen molar-refractivity contribution in [3.05, 3.63) is 83.2 Å². The predicted molar refractivity (Wildman–Crippen MR) is 98.9 cm³/mol. The topological polar surface area (TPSA) is 77.4 Å². The molecular weight excluding hydrogens is 382 g/mol. The maximum atomic E-state index is 14.1. The van der Waals surface area contributed by atoms with Crippen LogP contribution in [0.15, 0.2) is 60.4 Å². The van der Waals surface area contributed by atoms with Gasteiger partial charge in [-0.1, -0.05) is 24.3 Å². The number of esters is 1. The molecule has 0 bridgehead atoms. The summed E-state index contributed by atoms with van der Waals surface area (Å²) in [6.07, 6.45) is 2.48. The summed E-state index contributed by atoms with van der Waals surface area (Å²) in [6, 6.07) is 10.3. The van der Waals surface area contributed by atoms with Crippen molar-refractivity contribution >= 4 is 28.6 Å². The number of carbonyl (C=O) groups excluding carboxylic acids is 3. The number of hydrogen-bond donors (Lipinski definition) is 1. The van der Waals surface area contributed by atoms with Crippen molar-refractivity contribution in [1.29, 1.82) is 0 Å². The lowest BCUT2D eigenvalue weighted by molar-refractivity contribution is -0.135. The SMILES string of the molecule is O=C1C=C(NC(=O)C(=O)c2cn(Cc3c(F)cccc3F)c3ccccc23)CO1. The molecule has 0 spiro atoms. The average Bonchev–Trinajstić information content (AvgIpc) is 3.28. The Bertz CT molecular complexity index is 1180. The minimum atomic E-state index is -0.936. The van der Waals surface area contributed by atoms with Crippen LogP contribution in [0.4, 0.5) is 8.78 Å². The van der Waals surface area contributed by atoms with Crippen LogP contribution in [0.1, 0.15) is 15.9 Å². The van der Waals surface area contributed by atoms with Crippen LogP contribution < -0.4 is 5.32 Å². The van der Waals surface area contributed by atoms with Gasteiger partial charge in [-0.25, -0.2) is 13.6 Å². The van der Waals surface area contributed by atoms with Crippen LogP contribution in [0.3, 0.4) is 0 Å². The van der Waals surface area contributed by atoms with E-state index in [9.17, 15) is 23.2 Å². The lowest BCUT2D eigenvalue weighted by atomic mass is 10.1. The van der Waals surface area contributed by atoms with Gasteiger partial charge in [0, 0.05) is 28.7 Å². The zero-order valence-corrected chi connectivity index (χ0v) is 14.9. The molecule has 6 nitrogen and oxygen atoms in total. The Morgan fingerprint density at radius 2 is 1.79 bits per heavy atom. The second kappa shape index (κ2) is 7.31. The highest BCUT2D eigenvalue weighted by Gasteiger charge is 2.24. The van der Waals surface area contributed by atoms with Crippen LogP contribution in [0.25, 0.3) is 10.9 Å². The number of rotatable bonds is 5. The van der Waals surface area contributed by atoms with Crippen LogP contribution >= 0.6 is 0 Å². The van der Waals surface area contributed by atoms with Gasteiger partial charge in [-0.15, -0.1) is 0 Å². The fraction of sp³-hybridized carbons (Fsp3) is 0.0952. The van der Waals surface area contributed by atoms with Gasteiger partial charge in [-0.3, -0.25) is 9.59 Å². The molecule has 1 aliphatic heterocycles. The number of Topliss-reactive ketones (excluding diaryl/α,β-unsaturated/α-hetero) is 1. The van der Waals surface area contributed by atoms with Gasteiger partial charge >= 0.3 is 5.97 Å². The highest BCUT2D eigenvalue weighted by molar-refractivity contribution is 6.45. The van der Waals surface area contributed by atoms with Crippen molar-refractivity contribution in [2.45, 2.75) is 6.54 Å². The molecule has 0 fully saturated rings. The van der Waals surface area contributed by atoms with Crippen molar-refractivity contribution < 1.29 is 27.9 Å². The van der Waals surface area contributed by atoms with Crippen molar-refractivity contribution in [2.24, 2.45) is 0 Å². The van der Waals surface area contributed by atoms with Gasteiger partial charge in [0.05, 0.1) is 17.8 Å². The second-order valence-electron chi connectivity index (χ2n) is 6.45. The van der Waals surface area contributed by atoms with E-state index in [0.29, 0.717) is 10.9 Å². The lowest BCUT2D eigenvalue weighted by Crippen LogP contribution is -2.31. The fourth-order valence-corrected chi connectivity index (χ4v) is 3.18. The smallest absolute Gasteiger partial charge is 0.333 e. The number of ether oxygens (including phenoxy) is 1. The number of fused-ring (bicyclic) bond motifs is 1. The largest absolute Gasteiger partial charge is 0.456 e. The molecule has 146 valence electrons. The third-order valence-electron chi connectivity index (χ3n) is 4.57. The number of benzene rings is 2. The molecule has 3 aromatic rings. The quantitative estimate of drug-likeness (QED) is 0.409. The van der Waals surface area contributed by atoms with Gasteiger partial charge in [-0.2, -0.15) is 0 Å². The molecule has 0 atom stereocenters. The molecule has 0 saturated carbocycles. The molecule has 1 amide bonds. The number of amides is 1. The van der Waals surface area contributed by atoms with E-state index in [0.717, 1.165) is 18.2 Å². The number of ketones is 1. The van der Waals surface area contributed by atoms with Gasteiger partial charge < -0.3 is 14.6 Å². The molecule has 1 aliphatic rings. The summed E-state index contributed by atoms with van der Waals surface area (Å²) in [5.74, 6) is -3.78. The van der Waals surface area contributed by atoms with Gasteiger partial charge in [0.15, 0.2) is 0 Å². The van der Waals surface area contributed by atoms with E-state index in [1.165, 1.54) is 16.8 Å². The van der Waals surface area contributed by atoms with Crippen LogP contribution in [0, 0.1) is 11.6 Å². The Morgan fingerprint density at radius 3 is 2.48 bits per heavy atom. The Hall–Kier alpha value is -3.81. The van der Waals surface area contributed by atoms with E-state index in [1.54, 1.807) is 24.3 Å². The zero-order valence-electron chi connectivity index (χ0n) is 14.9. The maximum absolute atomic E-state index is 14.1. The summed E-state index contributed by atoms with van der Waals surface area (Å²) in [7, 11) is 0. The van der Waals surface area contributed by atoms with E-state index in [4.69, 9.17) is 0 Å². The minimum absolute atomic E-state index is 0.0840. The molecule has 4 rings (SSSR count). The van der Waals surface area contributed by atoms with E-state index >= 15 is 0 Å². The van der Waals surface area contributed by atoms with Crippen molar-refractivity contribution in [3.8, 4) is 0 Å². The van der Waals surface area contributed by atoms with Gasteiger partial charge in [0.1, 0.15) is 18.2 Å². The first-order valence-corrected chi connectivity index (χ1v) is 8.68. The monoisotopic (exact) mass is 396 g/mol. The molecule has 2 heterocycles. The highest BCUT2D eigenvalue weighted by Crippen LogP contribution is 2.24. The fourth-order valence-electron chi connectivity index (χ4n) is 3.18. The Kier molecular flexibility index (Phi) is 4.67. The van der Waals surface area contributed by atoms with Gasteiger partial charge in [-0.05, 0) is 18.2 Å². The number of para-hydroxylation sites is 1. The number of hydrogen-bond acceptors (Lipinski definition) is 4. The summed E-state index contributed by atoms with van der Waals surface area (Å²) in [6.45, 7) is -0.270. The Morgan fingerprint density at radius 1 is 1.07 bits per heavy atom. The first kappa shape index (κ1) is 18.5. The van der Waals surface area contributed by atoms with E-state index in [1.807, 2.05) is 0 Å². The second-order valence-corrected chi connectivity index (χ2v) is 6.45. The minimum Gasteiger partial charge on any atom is -0.456 e. The highest BCUT2D eigenvalue weighted by atomic mass is 19.1. The van der Waals surface area contributed by atoms with Crippen LogP contribution in [0.2, 0.25) is 0 Å². The van der Waals surface area contributed by atoms with Gasteiger partial charge in [0.2, 0.25) is 0 Å². The van der Waals surface area contributed by atoms with Crippen molar-refractivity contribution in [3.63, 3.8) is 0 Å². The molecule has 0 unspecified atom stereocenters. The summed E-state index contributed by atoms with van der Waals surface area (Å²) in [5, 5.41) is 2.82. The molecule has 0 aliphatic carbocycles. The molecule has 1 N–H and O–H groups in total. The van der Waals surface area contributed by atoms with Crippen LogP contribution in [-0.4, -0.2) is 28.8 Å². The molecule has 2 aromatic carbocycles. The molecular formula is C21H14F2N2O4. The van der Waals surface area contributed by atoms with E-state index in [-0.39, 0.29) is 30.0 Å². The first-order chi connectivity index (χ1) is 13.9. The first-order valence-electron chi connectivity index (χ1n) is 8.68. The molecule has 0 saturated heterocycles. The van der Waals surface area contributed by atoms with Crippen molar-refractivity contribution in [1.82, 2.24) is 9.88 Å². The molecule has 0 radical (unpaired) electrons. The summed E-state index contributed by atoms with van der Waals surface area (Å²) in [5.41, 5.74) is 0.666. The number of cyclic esters (lactones) is 1. The van der Waals surface area contributed by atoms with Crippen LogP contribution in [-0.2, 0) is 20.9 Å². The Labute approximate surface area is 163 Å². The van der Waals surface area contributed by atoms with Crippen LogP contribution in [0.5, 0.6) is 0 Å². The zero-order chi connectivity index (χ0) is 20.5. The molecule has 1 aromatic heterocycles. The number of nitrogens with one attached hydrogen (secondary N) is 1. The summed E-state index contributed by atoms with van der Waals surface area (Å²) >= 11 is 0. The third-order valence-corrected chi connectivity index (χ3v) is 4.57. The number of halogens is 2. The maximum Gasteiger partial charge on any atom is 0.333 e. The number of aromatic nitrogens is 1. The summed E-state index contributed by atoms with van der Waals surface area (Å²) < 4.78 is 34.3. The average molecular weight is 396 g/mol. The van der Waals surface area contributed by atoms with E-state index < -0.39 is 29.3 Å². The molecule has 29 heavy (non-hydrogen) atoms. The number of carbonyl (C=O) groups is 3. The Balaban J connectivity index is 1.69. The molecule has 8 heteroatoms. The standard InChI is InChI=1S/C21H14F2N2O4/c22-16-5-3-6-17(23)15(16)10-25-9-14(13-4-1-2-7-18(13)25)20(27)21(28)24-12-8-19(26)29-11-12/h1-9H,10-11H2,(H,24,28). The summed E-state index contributed by atoms with van der Waals surface area (Å²) in [4.78, 5) is 36.1. The lowest BCUT2D eigenvalue weighted by Gasteiger charge is -2.07. The normalized spacial score (nSPS) is 13.3. The van der Waals surface area contributed by atoms with Gasteiger partial charge in [0.25, 0.3) is 11.7 Å². The third kappa shape index (κ3) is 3.52. The number of nitrogens with zero attached hydrogens (tertiary/aromatic N) is 1.